The fourth-order valence-electron chi connectivity index (χ4n) is 0.906. The zero-order valence-corrected chi connectivity index (χ0v) is 8.33. The number of carbonyl (C=O) groups excluding carboxylic acids is 1. The average molecular weight is 231 g/mol. The largest absolute Gasteiger partial charge is 0.276 e. The van der Waals surface area contributed by atoms with Crippen LogP contribution in [-0.4, -0.2) is 20.8 Å². The minimum atomic E-state index is 0.119. The minimum absolute atomic E-state index is 0.119. The highest BCUT2D eigenvalue weighted by Crippen LogP contribution is 2.01. The highest BCUT2D eigenvalue weighted by molar-refractivity contribution is 9.09. The van der Waals surface area contributed by atoms with Gasteiger partial charge in [0, 0.05) is 24.1 Å². The van der Waals surface area contributed by atoms with Crippen LogP contribution in [0.25, 0.3) is 0 Å². The summed E-state index contributed by atoms with van der Waals surface area (Å²) in [4.78, 5) is 15.1. The topological polar surface area (TPSA) is 34.9 Å². The Bertz CT molecular complexity index is 233. The van der Waals surface area contributed by atoms with Crippen LogP contribution in [0.15, 0.2) is 18.7 Å². The van der Waals surface area contributed by atoms with Gasteiger partial charge in [-0.2, -0.15) is 0 Å². The van der Waals surface area contributed by atoms with Crippen molar-refractivity contribution in [2.45, 2.75) is 19.3 Å². The Kier molecular flexibility index (Phi) is 4.00. The summed E-state index contributed by atoms with van der Waals surface area (Å²) in [7, 11) is 0. The lowest BCUT2D eigenvalue weighted by Gasteiger charge is -1.98. The highest BCUT2D eigenvalue weighted by atomic mass is 79.9. The molecule has 0 atom stereocenters. The van der Waals surface area contributed by atoms with Gasteiger partial charge in [-0.3, -0.25) is 9.36 Å². The molecule has 1 aromatic heterocycles. The van der Waals surface area contributed by atoms with Crippen LogP contribution in [0.3, 0.4) is 0 Å². The molecule has 0 aromatic carbocycles. The number of unbranched alkanes of at least 4 members (excludes halogenated alkanes) is 1. The third kappa shape index (κ3) is 2.77. The first-order valence-electron chi connectivity index (χ1n) is 3.91. The Morgan fingerprint density at radius 3 is 2.92 bits per heavy atom. The summed E-state index contributed by atoms with van der Waals surface area (Å²) in [6.45, 7) is 0. The zero-order valence-electron chi connectivity index (χ0n) is 6.74. The summed E-state index contributed by atoms with van der Waals surface area (Å²) in [6.07, 6.45) is 7.40. The summed E-state index contributed by atoms with van der Waals surface area (Å²) >= 11 is 3.32. The van der Waals surface area contributed by atoms with E-state index in [-0.39, 0.29) is 5.91 Å². The number of halogens is 1. The zero-order chi connectivity index (χ0) is 8.81. The molecule has 0 bridgehead atoms. The van der Waals surface area contributed by atoms with Crippen LogP contribution in [-0.2, 0) is 0 Å². The van der Waals surface area contributed by atoms with Gasteiger partial charge in [0.05, 0.1) is 0 Å². The Morgan fingerprint density at radius 1 is 1.50 bits per heavy atom. The van der Waals surface area contributed by atoms with Gasteiger partial charge in [0.15, 0.2) is 0 Å². The summed E-state index contributed by atoms with van der Waals surface area (Å²) in [5.74, 6) is 0.119. The highest BCUT2D eigenvalue weighted by Gasteiger charge is 2.01. The maximum Gasteiger partial charge on any atom is 0.231 e. The molecule has 0 saturated carbocycles. The van der Waals surface area contributed by atoms with Crippen LogP contribution in [0, 0.1) is 0 Å². The van der Waals surface area contributed by atoms with E-state index in [0.717, 1.165) is 18.2 Å². The molecule has 12 heavy (non-hydrogen) atoms. The Morgan fingerprint density at radius 2 is 2.33 bits per heavy atom. The van der Waals surface area contributed by atoms with Gasteiger partial charge in [-0.1, -0.05) is 15.9 Å². The van der Waals surface area contributed by atoms with Crippen molar-refractivity contribution in [3.63, 3.8) is 0 Å². The van der Waals surface area contributed by atoms with Gasteiger partial charge in [-0.15, -0.1) is 0 Å². The summed E-state index contributed by atoms with van der Waals surface area (Å²) in [5.41, 5.74) is 0. The van der Waals surface area contributed by atoms with Gasteiger partial charge in [-0.05, 0) is 12.8 Å². The van der Waals surface area contributed by atoms with E-state index in [1.165, 1.54) is 10.9 Å². The molecule has 4 heteroatoms. The summed E-state index contributed by atoms with van der Waals surface area (Å²) in [6, 6.07) is 0. The van der Waals surface area contributed by atoms with Crippen LogP contribution in [0.4, 0.5) is 0 Å². The second-order valence-electron chi connectivity index (χ2n) is 2.51. The molecule has 0 saturated heterocycles. The van der Waals surface area contributed by atoms with Crippen molar-refractivity contribution in [2.24, 2.45) is 0 Å². The van der Waals surface area contributed by atoms with Crippen molar-refractivity contribution >= 4 is 21.8 Å². The van der Waals surface area contributed by atoms with E-state index in [2.05, 4.69) is 20.9 Å². The van der Waals surface area contributed by atoms with Gasteiger partial charge >= 0.3 is 0 Å². The van der Waals surface area contributed by atoms with Crippen LogP contribution < -0.4 is 0 Å². The maximum atomic E-state index is 11.3. The van der Waals surface area contributed by atoms with Gasteiger partial charge < -0.3 is 0 Å². The van der Waals surface area contributed by atoms with Crippen molar-refractivity contribution in [3.8, 4) is 0 Å². The number of hydrogen-bond acceptors (Lipinski definition) is 2. The fraction of sp³-hybridized carbons (Fsp3) is 0.500. The van der Waals surface area contributed by atoms with Crippen molar-refractivity contribution in [2.75, 3.05) is 5.33 Å². The molecule has 0 aliphatic rings. The average Bonchev–Trinajstić information content (AvgIpc) is 2.56. The quantitative estimate of drug-likeness (QED) is 0.587. The lowest BCUT2D eigenvalue weighted by molar-refractivity contribution is 0.0899. The van der Waals surface area contributed by atoms with Crippen LogP contribution in [0.5, 0.6) is 0 Å². The Labute approximate surface area is 79.9 Å². The lowest BCUT2D eigenvalue weighted by atomic mass is 10.2. The van der Waals surface area contributed by atoms with Crippen molar-refractivity contribution < 1.29 is 4.79 Å². The summed E-state index contributed by atoms with van der Waals surface area (Å²) in [5, 5.41) is 0.963. The van der Waals surface area contributed by atoms with E-state index in [1.54, 1.807) is 12.4 Å². The van der Waals surface area contributed by atoms with Crippen molar-refractivity contribution in [1.82, 2.24) is 9.55 Å². The number of rotatable bonds is 4. The smallest absolute Gasteiger partial charge is 0.231 e. The monoisotopic (exact) mass is 230 g/mol. The molecule has 1 heterocycles. The van der Waals surface area contributed by atoms with Gasteiger partial charge in [-0.25, -0.2) is 4.98 Å². The molecule has 1 rings (SSSR count). The van der Waals surface area contributed by atoms with Crippen LogP contribution in [0.2, 0.25) is 0 Å². The van der Waals surface area contributed by atoms with E-state index < -0.39 is 0 Å². The molecule has 0 aliphatic carbocycles. The minimum Gasteiger partial charge on any atom is -0.276 e. The molecule has 0 fully saturated rings. The molecule has 0 unspecified atom stereocenters. The molecule has 0 amide bonds. The first-order valence-corrected chi connectivity index (χ1v) is 5.04. The predicted molar refractivity (Wildman–Crippen MR) is 50.5 cm³/mol. The van der Waals surface area contributed by atoms with E-state index in [9.17, 15) is 4.79 Å². The van der Waals surface area contributed by atoms with Crippen LogP contribution >= 0.6 is 15.9 Å². The van der Waals surface area contributed by atoms with E-state index >= 15 is 0 Å². The Hall–Kier alpha value is -0.640. The number of carbonyl (C=O) groups is 1. The molecule has 0 spiro atoms. The standard InChI is InChI=1S/C8H11BrN2O/c9-4-2-1-3-8(12)11-6-5-10-7-11/h5-7H,1-4H2. The number of nitrogens with zero attached hydrogens (tertiary/aromatic N) is 2. The molecular formula is C8H11BrN2O. The van der Waals surface area contributed by atoms with Gasteiger partial charge in [0.25, 0.3) is 0 Å². The third-order valence-electron chi connectivity index (χ3n) is 1.57. The first-order chi connectivity index (χ1) is 5.84. The maximum absolute atomic E-state index is 11.3. The molecule has 1 aromatic rings. The van der Waals surface area contributed by atoms with Gasteiger partial charge in [0.1, 0.15) is 6.33 Å². The van der Waals surface area contributed by atoms with Gasteiger partial charge in [0.2, 0.25) is 5.91 Å². The van der Waals surface area contributed by atoms with E-state index in [0.29, 0.717) is 6.42 Å². The third-order valence-corrected chi connectivity index (χ3v) is 2.13. The number of alkyl halides is 1. The molecule has 3 nitrogen and oxygen atoms in total. The second kappa shape index (κ2) is 5.09. The van der Waals surface area contributed by atoms with Crippen molar-refractivity contribution in [3.05, 3.63) is 18.7 Å². The fourth-order valence-corrected chi connectivity index (χ4v) is 1.30. The van der Waals surface area contributed by atoms with Crippen molar-refractivity contribution in [1.29, 1.82) is 0 Å². The number of imidazole rings is 1. The lowest BCUT2D eigenvalue weighted by Crippen LogP contribution is -2.07. The Balaban J connectivity index is 2.30. The van der Waals surface area contributed by atoms with E-state index in [1.807, 2.05) is 0 Å². The number of hydrogen-bond donors (Lipinski definition) is 0. The van der Waals surface area contributed by atoms with Crippen LogP contribution in [0.1, 0.15) is 24.1 Å². The van der Waals surface area contributed by atoms with E-state index in [4.69, 9.17) is 0 Å². The second-order valence-corrected chi connectivity index (χ2v) is 3.30. The summed E-state index contributed by atoms with van der Waals surface area (Å²) < 4.78 is 1.52. The number of aromatic nitrogens is 2. The SMILES string of the molecule is O=C(CCCCBr)n1ccnc1. The molecule has 66 valence electrons. The molecular weight excluding hydrogens is 220 g/mol. The normalized spacial score (nSPS) is 10.1. The molecule has 0 radical (unpaired) electrons. The molecule has 0 aliphatic heterocycles. The molecule has 0 N–H and O–H groups in total. The first kappa shape index (κ1) is 9.45. The predicted octanol–water partition coefficient (Wildman–Crippen LogP) is 2.09.